The lowest BCUT2D eigenvalue weighted by Crippen LogP contribution is -2.53. The molecule has 1 aromatic heterocycles. The molecule has 4 heterocycles. The number of hydrogen-bond donors (Lipinski definition) is 1. The molecule has 4 aliphatic rings. The Morgan fingerprint density at radius 1 is 1.10 bits per heavy atom. The number of nitrogens with one attached hydrogen (secondary N) is 1. The number of hydrogen-bond acceptors (Lipinski definition) is 6. The van der Waals surface area contributed by atoms with Crippen LogP contribution in [0.5, 0.6) is 0 Å². The van der Waals surface area contributed by atoms with Gasteiger partial charge in [0, 0.05) is 49.6 Å². The molecule has 3 amide bonds. The molecule has 1 aliphatic carbocycles. The van der Waals surface area contributed by atoms with Crippen molar-refractivity contribution in [3.05, 3.63) is 59.4 Å². The number of amides is 3. The average molecular weight is 537 g/mol. The highest BCUT2D eigenvalue weighted by molar-refractivity contribution is 6.27. The number of piperidine rings is 2. The first-order chi connectivity index (χ1) is 19.3. The molecule has 40 heavy (non-hydrogen) atoms. The van der Waals surface area contributed by atoms with Gasteiger partial charge in [0.15, 0.2) is 5.54 Å². The van der Waals surface area contributed by atoms with Crippen LogP contribution < -0.4 is 10.2 Å². The summed E-state index contributed by atoms with van der Waals surface area (Å²) in [6.07, 6.45) is 9.12. The number of nitrogens with zero attached hydrogens (tertiary/aromatic N) is 5. The van der Waals surface area contributed by atoms with Crippen molar-refractivity contribution in [3.8, 4) is 6.07 Å². The Labute approximate surface area is 232 Å². The summed E-state index contributed by atoms with van der Waals surface area (Å²) in [5, 5.41) is 19.0. The van der Waals surface area contributed by atoms with Crippen LogP contribution in [0.3, 0.4) is 0 Å². The van der Waals surface area contributed by atoms with Gasteiger partial charge in [-0.1, -0.05) is 25.1 Å². The Morgan fingerprint density at radius 2 is 1.90 bits per heavy atom. The molecule has 0 bridgehead atoms. The van der Waals surface area contributed by atoms with Gasteiger partial charge in [-0.15, -0.1) is 0 Å². The Hall–Kier alpha value is -4.03. The molecule has 0 radical (unpaired) electrons. The van der Waals surface area contributed by atoms with Gasteiger partial charge in [-0.05, 0) is 66.2 Å². The molecular formula is C31H32N6O3. The van der Waals surface area contributed by atoms with Gasteiger partial charge in [0.25, 0.3) is 5.91 Å². The first-order valence-corrected chi connectivity index (χ1v) is 14.2. The average Bonchev–Trinajstić information content (AvgIpc) is 3.35. The van der Waals surface area contributed by atoms with E-state index in [2.05, 4.69) is 28.3 Å². The minimum atomic E-state index is -0.703. The van der Waals surface area contributed by atoms with Crippen molar-refractivity contribution in [1.29, 1.82) is 5.26 Å². The minimum absolute atomic E-state index is 0.210. The molecule has 204 valence electrons. The number of imide groups is 1. The fraction of sp³-hybridized carbons (Fsp3) is 0.452. The number of carbonyl (C=O) groups is 3. The summed E-state index contributed by atoms with van der Waals surface area (Å²) >= 11 is 0. The van der Waals surface area contributed by atoms with Crippen LogP contribution >= 0.6 is 0 Å². The Bertz CT molecular complexity index is 1600. The highest BCUT2D eigenvalue weighted by Gasteiger charge is 2.43. The summed E-state index contributed by atoms with van der Waals surface area (Å²) in [5.74, 6) is -0.943. The normalized spacial score (nSPS) is 23.4. The standard InChI is InChI=1S/C31H32N6O3/c1-30(9-10-30)19-35-13-11-31(18-32,12-14-35)36-17-20(16-33-36)15-21-5-6-24-27-22(21)3-2-4-23(27)29(40)37(24)25-7-8-26(38)34-28(25)39/h2-6,16-17,25H,7-15,19H2,1H3,(H,34,38,39). The quantitative estimate of drug-likeness (QED) is 0.483. The zero-order valence-corrected chi connectivity index (χ0v) is 22.7. The van der Waals surface area contributed by atoms with Gasteiger partial charge in [-0.25, -0.2) is 0 Å². The van der Waals surface area contributed by atoms with Gasteiger partial charge in [0.05, 0.1) is 18.0 Å². The van der Waals surface area contributed by atoms with Crippen LogP contribution in [0.1, 0.15) is 66.9 Å². The van der Waals surface area contributed by atoms with Crippen molar-refractivity contribution in [1.82, 2.24) is 20.0 Å². The molecule has 3 aliphatic heterocycles. The van der Waals surface area contributed by atoms with E-state index in [-0.39, 0.29) is 18.2 Å². The molecule has 7 rings (SSSR count). The lowest BCUT2D eigenvalue weighted by Gasteiger charge is -2.38. The molecule has 2 saturated heterocycles. The van der Waals surface area contributed by atoms with Crippen molar-refractivity contribution in [2.45, 2.75) is 63.5 Å². The predicted molar refractivity (Wildman–Crippen MR) is 149 cm³/mol. The van der Waals surface area contributed by atoms with Crippen LogP contribution in [-0.2, 0) is 21.5 Å². The second-order valence-corrected chi connectivity index (χ2v) is 12.3. The summed E-state index contributed by atoms with van der Waals surface area (Å²) in [5.41, 5.74) is 3.18. The summed E-state index contributed by atoms with van der Waals surface area (Å²) in [7, 11) is 0. The number of nitriles is 1. The molecular weight excluding hydrogens is 504 g/mol. The van der Waals surface area contributed by atoms with Crippen molar-refractivity contribution in [2.75, 3.05) is 24.5 Å². The zero-order valence-electron chi connectivity index (χ0n) is 22.7. The smallest absolute Gasteiger partial charge is 0.259 e. The molecule has 1 N–H and O–H groups in total. The molecule has 3 aromatic rings. The monoisotopic (exact) mass is 536 g/mol. The number of anilines is 1. The molecule has 2 aromatic carbocycles. The van der Waals surface area contributed by atoms with E-state index in [1.807, 2.05) is 41.3 Å². The molecule has 1 unspecified atom stereocenters. The van der Waals surface area contributed by atoms with Crippen LogP contribution in [0.2, 0.25) is 0 Å². The van der Waals surface area contributed by atoms with Gasteiger partial charge in [0.1, 0.15) is 6.04 Å². The number of likely N-dealkylation sites (tertiary alicyclic amines) is 1. The van der Waals surface area contributed by atoms with Gasteiger partial charge >= 0.3 is 0 Å². The lowest BCUT2D eigenvalue weighted by molar-refractivity contribution is -0.134. The van der Waals surface area contributed by atoms with Gasteiger partial charge < -0.3 is 4.90 Å². The third-order valence-corrected chi connectivity index (χ3v) is 9.41. The number of carbonyl (C=O) groups excluding carboxylic acids is 3. The SMILES string of the molecule is CC1(CN2CCC(C#N)(n3cc(Cc4ccc5c6c(cccc46)C(=O)N5C4CCC(=O)NC4=O)cn3)CC2)CC1. The molecule has 9 heteroatoms. The minimum Gasteiger partial charge on any atom is -0.303 e. The van der Waals surface area contributed by atoms with Crippen LogP contribution in [0, 0.1) is 16.7 Å². The van der Waals surface area contributed by atoms with Crippen LogP contribution in [0.25, 0.3) is 10.8 Å². The van der Waals surface area contributed by atoms with Crippen LogP contribution in [0.15, 0.2) is 42.7 Å². The first kappa shape index (κ1) is 25.0. The van der Waals surface area contributed by atoms with Crippen molar-refractivity contribution in [2.24, 2.45) is 5.41 Å². The molecule has 1 atom stereocenters. The number of aromatic nitrogens is 2. The molecule has 0 spiro atoms. The fourth-order valence-electron chi connectivity index (χ4n) is 6.75. The van der Waals surface area contributed by atoms with E-state index in [0.29, 0.717) is 29.5 Å². The van der Waals surface area contributed by atoms with Gasteiger partial charge in [-0.3, -0.25) is 29.3 Å². The second kappa shape index (κ2) is 9.00. The van der Waals surface area contributed by atoms with E-state index < -0.39 is 17.5 Å². The molecule has 3 fully saturated rings. The number of benzene rings is 2. The molecule has 1 saturated carbocycles. The van der Waals surface area contributed by atoms with Crippen molar-refractivity contribution < 1.29 is 14.4 Å². The Kier molecular flexibility index (Phi) is 5.62. The topological polar surface area (TPSA) is 111 Å². The Morgan fingerprint density at radius 3 is 2.62 bits per heavy atom. The Balaban J connectivity index is 1.14. The highest BCUT2D eigenvalue weighted by atomic mass is 16.2. The summed E-state index contributed by atoms with van der Waals surface area (Å²) in [6, 6.07) is 11.5. The lowest BCUT2D eigenvalue weighted by atomic mass is 9.88. The van der Waals surface area contributed by atoms with Gasteiger partial charge in [-0.2, -0.15) is 10.4 Å². The van der Waals surface area contributed by atoms with Gasteiger partial charge in [0.2, 0.25) is 11.8 Å². The first-order valence-electron chi connectivity index (χ1n) is 14.2. The third kappa shape index (κ3) is 4.01. The van der Waals surface area contributed by atoms with E-state index in [1.165, 1.54) is 12.8 Å². The highest BCUT2D eigenvalue weighted by Crippen LogP contribution is 2.46. The van der Waals surface area contributed by atoms with E-state index in [4.69, 9.17) is 0 Å². The maximum Gasteiger partial charge on any atom is 0.259 e. The van der Waals surface area contributed by atoms with Crippen LogP contribution in [0.4, 0.5) is 5.69 Å². The zero-order chi connectivity index (χ0) is 27.6. The van der Waals surface area contributed by atoms with E-state index in [1.54, 1.807) is 11.0 Å². The van der Waals surface area contributed by atoms with E-state index in [0.717, 1.165) is 54.4 Å². The maximum atomic E-state index is 13.4. The van der Waals surface area contributed by atoms with Crippen LogP contribution in [-0.4, -0.2) is 58.1 Å². The second-order valence-electron chi connectivity index (χ2n) is 12.3. The summed E-state index contributed by atoms with van der Waals surface area (Å²) < 4.78 is 1.87. The van der Waals surface area contributed by atoms with E-state index >= 15 is 0 Å². The van der Waals surface area contributed by atoms with Crippen molar-refractivity contribution in [3.63, 3.8) is 0 Å². The third-order valence-electron chi connectivity index (χ3n) is 9.41. The summed E-state index contributed by atoms with van der Waals surface area (Å²) in [6.45, 7) is 5.28. The fourth-order valence-corrected chi connectivity index (χ4v) is 6.75. The van der Waals surface area contributed by atoms with Crippen molar-refractivity contribution >= 4 is 34.2 Å². The summed E-state index contributed by atoms with van der Waals surface area (Å²) in [4.78, 5) is 41.8. The molecule has 9 nitrogen and oxygen atoms in total. The maximum absolute atomic E-state index is 13.4. The van der Waals surface area contributed by atoms with E-state index in [9.17, 15) is 19.6 Å². The predicted octanol–water partition coefficient (Wildman–Crippen LogP) is 3.51. The number of rotatable bonds is 6. The largest absolute Gasteiger partial charge is 0.303 e.